The molecule has 3 heteroatoms. The van der Waals surface area contributed by atoms with Crippen LogP contribution in [-0.4, -0.2) is 22.7 Å². The molecule has 1 saturated heterocycles. The van der Waals surface area contributed by atoms with Gasteiger partial charge in [-0.2, -0.15) is 0 Å². The van der Waals surface area contributed by atoms with Crippen molar-refractivity contribution < 1.29 is 5.11 Å². The second kappa shape index (κ2) is 3.67. The van der Waals surface area contributed by atoms with Crippen LogP contribution in [0.15, 0.2) is 12.1 Å². The van der Waals surface area contributed by atoms with Gasteiger partial charge in [0.2, 0.25) is 0 Å². The van der Waals surface area contributed by atoms with Crippen molar-refractivity contribution in [3.63, 3.8) is 0 Å². The van der Waals surface area contributed by atoms with Crippen LogP contribution < -0.4 is 5.32 Å². The fourth-order valence-corrected chi connectivity index (χ4v) is 2.08. The van der Waals surface area contributed by atoms with Gasteiger partial charge in [0.05, 0.1) is 12.1 Å². The smallest absolute Gasteiger partial charge is 0.0747 e. The number of aromatic nitrogens is 1. The number of hydrogen-bond acceptors (Lipinski definition) is 3. The van der Waals surface area contributed by atoms with Crippen LogP contribution in [0.5, 0.6) is 0 Å². The van der Waals surface area contributed by atoms with Crippen LogP contribution in [0.1, 0.15) is 29.4 Å². The van der Waals surface area contributed by atoms with Crippen molar-refractivity contribution in [2.24, 2.45) is 0 Å². The second-order valence-corrected chi connectivity index (χ2v) is 3.97. The maximum absolute atomic E-state index is 9.74. The predicted molar refractivity (Wildman–Crippen MR) is 55.1 cm³/mol. The van der Waals surface area contributed by atoms with Gasteiger partial charge in [-0.05, 0) is 44.5 Å². The van der Waals surface area contributed by atoms with Crippen molar-refractivity contribution in [3.8, 4) is 0 Å². The van der Waals surface area contributed by atoms with Gasteiger partial charge in [-0.1, -0.05) is 0 Å². The van der Waals surface area contributed by atoms with E-state index in [0.29, 0.717) is 0 Å². The number of hydrogen-bond donors (Lipinski definition) is 2. The molecule has 0 aliphatic carbocycles. The topological polar surface area (TPSA) is 45.1 Å². The lowest BCUT2D eigenvalue weighted by Gasteiger charge is -2.16. The molecule has 1 aromatic rings. The normalized spacial score (nSPS) is 26.8. The number of pyridine rings is 1. The SMILES string of the molecule is Cc1cc(C2NCCC2O)cc(C)n1. The maximum Gasteiger partial charge on any atom is 0.0747 e. The number of aliphatic hydroxyl groups is 1. The summed E-state index contributed by atoms with van der Waals surface area (Å²) in [6, 6.07) is 4.17. The van der Waals surface area contributed by atoms with E-state index in [1.807, 2.05) is 26.0 Å². The Morgan fingerprint density at radius 2 is 2.00 bits per heavy atom. The molecule has 1 aromatic heterocycles. The van der Waals surface area contributed by atoms with Crippen LogP contribution in [-0.2, 0) is 0 Å². The minimum atomic E-state index is -0.254. The number of rotatable bonds is 1. The maximum atomic E-state index is 9.74. The van der Waals surface area contributed by atoms with Crippen LogP contribution in [0, 0.1) is 13.8 Å². The minimum Gasteiger partial charge on any atom is -0.391 e. The number of aliphatic hydroxyl groups excluding tert-OH is 1. The molecular formula is C11H16N2O. The van der Waals surface area contributed by atoms with Gasteiger partial charge in [0.25, 0.3) is 0 Å². The molecule has 0 radical (unpaired) electrons. The Kier molecular flexibility index (Phi) is 2.52. The van der Waals surface area contributed by atoms with E-state index in [-0.39, 0.29) is 12.1 Å². The third-order valence-electron chi connectivity index (χ3n) is 2.65. The summed E-state index contributed by atoms with van der Waals surface area (Å²) in [6.07, 6.45) is 0.585. The molecule has 2 unspecified atom stereocenters. The fraction of sp³-hybridized carbons (Fsp3) is 0.545. The summed E-state index contributed by atoms with van der Waals surface area (Å²) in [4.78, 5) is 4.32. The highest BCUT2D eigenvalue weighted by atomic mass is 16.3. The summed E-state index contributed by atoms with van der Waals surface area (Å²) in [5, 5.41) is 13.0. The molecule has 2 N–H and O–H groups in total. The predicted octanol–water partition coefficient (Wildman–Crippen LogP) is 1.09. The van der Waals surface area contributed by atoms with Gasteiger partial charge in [-0.3, -0.25) is 4.98 Å². The van der Waals surface area contributed by atoms with Gasteiger partial charge in [-0.25, -0.2) is 0 Å². The molecule has 1 fully saturated rings. The Morgan fingerprint density at radius 3 is 2.50 bits per heavy atom. The van der Waals surface area contributed by atoms with Crippen molar-refractivity contribution >= 4 is 0 Å². The molecule has 2 rings (SSSR count). The summed E-state index contributed by atoms with van der Waals surface area (Å²) in [6.45, 7) is 4.86. The summed E-state index contributed by atoms with van der Waals surface area (Å²) in [5.41, 5.74) is 3.18. The van der Waals surface area contributed by atoms with Crippen LogP contribution in [0.3, 0.4) is 0 Å². The number of nitrogens with one attached hydrogen (secondary N) is 1. The monoisotopic (exact) mass is 192 g/mol. The molecule has 0 aromatic carbocycles. The van der Waals surface area contributed by atoms with Gasteiger partial charge in [0, 0.05) is 11.4 Å². The Hall–Kier alpha value is -0.930. The average molecular weight is 192 g/mol. The second-order valence-electron chi connectivity index (χ2n) is 3.97. The van der Waals surface area contributed by atoms with Crippen molar-refractivity contribution in [1.82, 2.24) is 10.3 Å². The Bertz CT molecular complexity index is 318. The van der Waals surface area contributed by atoms with E-state index >= 15 is 0 Å². The minimum absolute atomic E-state index is 0.0930. The fourth-order valence-electron chi connectivity index (χ4n) is 2.08. The van der Waals surface area contributed by atoms with E-state index in [4.69, 9.17) is 0 Å². The molecule has 0 amide bonds. The van der Waals surface area contributed by atoms with E-state index in [1.165, 1.54) is 0 Å². The van der Waals surface area contributed by atoms with Crippen molar-refractivity contribution in [1.29, 1.82) is 0 Å². The number of aryl methyl sites for hydroxylation is 2. The van der Waals surface area contributed by atoms with Gasteiger partial charge in [0.15, 0.2) is 0 Å². The number of nitrogens with zero attached hydrogens (tertiary/aromatic N) is 1. The molecule has 14 heavy (non-hydrogen) atoms. The first kappa shape index (κ1) is 9.62. The van der Waals surface area contributed by atoms with E-state index in [1.54, 1.807) is 0 Å². The first-order chi connectivity index (χ1) is 6.66. The average Bonchev–Trinajstić information content (AvgIpc) is 2.49. The molecule has 2 heterocycles. The van der Waals surface area contributed by atoms with E-state index in [0.717, 1.165) is 29.9 Å². The van der Waals surface area contributed by atoms with E-state index in [2.05, 4.69) is 10.3 Å². The highest BCUT2D eigenvalue weighted by Gasteiger charge is 2.26. The van der Waals surface area contributed by atoms with Crippen LogP contribution in [0.2, 0.25) is 0 Å². The first-order valence-electron chi connectivity index (χ1n) is 5.03. The zero-order valence-electron chi connectivity index (χ0n) is 8.62. The quantitative estimate of drug-likeness (QED) is 0.700. The lowest BCUT2D eigenvalue weighted by atomic mass is 10.0. The highest BCUT2D eigenvalue weighted by Crippen LogP contribution is 2.24. The summed E-state index contributed by atoms with van der Waals surface area (Å²) in [5.74, 6) is 0. The zero-order valence-corrected chi connectivity index (χ0v) is 8.62. The molecule has 1 aliphatic heterocycles. The Balaban J connectivity index is 2.31. The highest BCUT2D eigenvalue weighted by molar-refractivity contribution is 5.25. The van der Waals surface area contributed by atoms with Crippen LogP contribution in [0.25, 0.3) is 0 Å². The molecular weight excluding hydrogens is 176 g/mol. The third-order valence-corrected chi connectivity index (χ3v) is 2.65. The Labute approximate surface area is 84.2 Å². The molecule has 3 nitrogen and oxygen atoms in total. The lowest BCUT2D eigenvalue weighted by molar-refractivity contribution is 0.160. The largest absolute Gasteiger partial charge is 0.391 e. The van der Waals surface area contributed by atoms with Gasteiger partial charge < -0.3 is 10.4 Å². The van der Waals surface area contributed by atoms with Crippen LogP contribution in [0.4, 0.5) is 0 Å². The first-order valence-corrected chi connectivity index (χ1v) is 5.03. The summed E-state index contributed by atoms with van der Waals surface area (Å²) >= 11 is 0. The Morgan fingerprint density at radius 1 is 1.36 bits per heavy atom. The lowest BCUT2D eigenvalue weighted by Crippen LogP contribution is -2.21. The van der Waals surface area contributed by atoms with Crippen molar-refractivity contribution in [2.45, 2.75) is 32.4 Å². The van der Waals surface area contributed by atoms with Gasteiger partial charge >= 0.3 is 0 Å². The molecule has 1 aliphatic rings. The zero-order chi connectivity index (χ0) is 10.1. The molecule has 0 spiro atoms. The standard InChI is InChI=1S/C11H16N2O/c1-7-5-9(6-8(2)13-7)11-10(14)3-4-12-11/h5-6,10-12,14H,3-4H2,1-2H3. The van der Waals surface area contributed by atoms with Crippen LogP contribution >= 0.6 is 0 Å². The molecule has 76 valence electrons. The van der Waals surface area contributed by atoms with Crippen molar-refractivity contribution in [3.05, 3.63) is 29.1 Å². The van der Waals surface area contributed by atoms with E-state index in [9.17, 15) is 5.11 Å². The summed E-state index contributed by atoms with van der Waals surface area (Å²) < 4.78 is 0. The van der Waals surface area contributed by atoms with Crippen molar-refractivity contribution in [2.75, 3.05) is 6.54 Å². The summed E-state index contributed by atoms with van der Waals surface area (Å²) in [7, 11) is 0. The van der Waals surface area contributed by atoms with Gasteiger partial charge in [0.1, 0.15) is 0 Å². The molecule has 0 saturated carbocycles. The van der Waals surface area contributed by atoms with Gasteiger partial charge in [-0.15, -0.1) is 0 Å². The van der Waals surface area contributed by atoms with E-state index < -0.39 is 0 Å². The third kappa shape index (κ3) is 1.79. The molecule has 0 bridgehead atoms. The molecule has 2 atom stereocenters.